The van der Waals surface area contributed by atoms with Crippen molar-refractivity contribution in [3.05, 3.63) is 54.1 Å². The second-order valence-corrected chi connectivity index (χ2v) is 5.52. The molecule has 1 N–H and O–H groups in total. The summed E-state index contributed by atoms with van der Waals surface area (Å²) in [5.74, 6) is -2.30. The first-order chi connectivity index (χ1) is 12.9. The first kappa shape index (κ1) is 20.2. The number of carbonyl (C=O) groups excluding carboxylic acids is 2. The molecule has 0 unspecified atom stereocenters. The summed E-state index contributed by atoms with van der Waals surface area (Å²) in [6, 6.07) is 9.68. The Morgan fingerprint density at radius 3 is 2.52 bits per heavy atom. The summed E-state index contributed by atoms with van der Waals surface area (Å²) in [5, 5.41) is 2.67. The predicted molar refractivity (Wildman–Crippen MR) is 95.7 cm³/mol. The van der Waals surface area contributed by atoms with Gasteiger partial charge in [0.05, 0.1) is 19.3 Å². The van der Waals surface area contributed by atoms with E-state index in [1.54, 1.807) is 31.2 Å². The van der Waals surface area contributed by atoms with Crippen LogP contribution in [0.3, 0.4) is 0 Å². The number of para-hydroxylation sites is 2. The SMILES string of the molecule is CCN(CC(=O)Nc1ccccc1OC)C(=O)COc1ccc(F)cc1F. The molecule has 2 amide bonds. The molecule has 0 saturated heterocycles. The number of amides is 2. The molecule has 6 nitrogen and oxygen atoms in total. The lowest BCUT2D eigenvalue weighted by atomic mass is 10.3. The van der Waals surface area contributed by atoms with E-state index in [1.165, 1.54) is 12.0 Å². The topological polar surface area (TPSA) is 67.9 Å². The van der Waals surface area contributed by atoms with E-state index in [4.69, 9.17) is 9.47 Å². The summed E-state index contributed by atoms with van der Waals surface area (Å²) in [7, 11) is 1.48. The molecular formula is C19H20F2N2O4. The summed E-state index contributed by atoms with van der Waals surface area (Å²) >= 11 is 0. The Balaban J connectivity index is 1.93. The van der Waals surface area contributed by atoms with E-state index < -0.39 is 30.1 Å². The summed E-state index contributed by atoms with van der Waals surface area (Å²) in [4.78, 5) is 25.7. The number of ether oxygens (including phenoxy) is 2. The first-order valence-corrected chi connectivity index (χ1v) is 8.23. The minimum absolute atomic E-state index is 0.206. The van der Waals surface area contributed by atoms with Crippen molar-refractivity contribution in [1.29, 1.82) is 0 Å². The van der Waals surface area contributed by atoms with Crippen LogP contribution in [0.1, 0.15) is 6.92 Å². The molecule has 0 radical (unpaired) electrons. The highest BCUT2D eigenvalue weighted by Crippen LogP contribution is 2.23. The van der Waals surface area contributed by atoms with Crippen molar-refractivity contribution in [3.63, 3.8) is 0 Å². The maximum Gasteiger partial charge on any atom is 0.260 e. The van der Waals surface area contributed by atoms with Crippen LogP contribution in [-0.2, 0) is 9.59 Å². The molecule has 0 atom stereocenters. The molecule has 8 heteroatoms. The van der Waals surface area contributed by atoms with Crippen LogP contribution >= 0.6 is 0 Å². The molecular weight excluding hydrogens is 358 g/mol. The predicted octanol–water partition coefficient (Wildman–Crippen LogP) is 2.84. The number of hydrogen-bond acceptors (Lipinski definition) is 4. The van der Waals surface area contributed by atoms with Gasteiger partial charge in [0.1, 0.15) is 11.6 Å². The highest BCUT2D eigenvalue weighted by atomic mass is 19.1. The van der Waals surface area contributed by atoms with Gasteiger partial charge in [-0.1, -0.05) is 12.1 Å². The van der Waals surface area contributed by atoms with Crippen molar-refractivity contribution in [2.45, 2.75) is 6.92 Å². The Hall–Kier alpha value is -3.16. The number of methoxy groups -OCH3 is 1. The molecule has 0 spiro atoms. The highest BCUT2D eigenvalue weighted by Gasteiger charge is 2.18. The molecule has 144 valence electrons. The Labute approximate surface area is 155 Å². The van der Waals surface area contributed by atoms with Gasteiger partial charge in [0.2, 0.25) is 5.91 Å². The van der Waals surface area contributed by atoms with Gasteiger partial charge in [-0.15, -0.1) is 0 Å². The molecule has 2 aromatic rings. The van der Waals surface area contributed by atoms with Crippen molar-refractivity contribution in [1.82, 2.24) is 4.90 Å². The van der Waals surface area contributed by atoms with Gasteiger partial charge in [-0.3, -0.25) is 9.59 Å². The second-order valence-electron chi connectivity index (χ2n) is 5.52. The standard InChI is InChI=1S/C19H20F2N2O4/c1-3-23(11-18(24)22-15-6-4-5-7-17(15)26-2)19(25)12-27-16-9-8-13(20)10-14(16)21/h4-10H,3,11-12H2,1-2H3,(H,22,24). The lowest BCUT2D eigenvalue weighted by Gasteiger charge is -2.21. The number of benzene rings is 2. The van der Waals surface area contributed by atoms with E-state index in [-0.39, 0.29) is 18.8 Å². The van der Waals surface area contributed by atoms with Crippen molar-refractivity contribution >= 4 is 17.5 Å². The van der Waals surface area contributed by atoms with E-state index in [9.17, 15) is 18.4 Å². The number of carbonyl (C=O) groups is 2. The molecule has 0 bridgehead atoms. The fraction of sp³-hybridized carbons (Fsp3) is 0.263. The largest absolute Gasteiger partial charge is 0.495 e. The van der Waals surface area contributed by atoms with Crippen LogP contribution in [0.25, 0.3) is 0 Å². The van der Waals surface area contributed by atoms with Crippen molar-refractivity contribution in [3.8, 4) is 11.5 Å². The summed E-state index contributed by atoms with van der Waals surface area (Å²) in [5.41, 5.74) is 0.484. The van der Waals surface area contributed by atoms with E-state index >= 15 is 0 Å². The summed E-state index contributed by atoms with van der Waals surface area (Å²) in [6.07, 6.45) is 0. The van der Waals surface area contributed by atoms with Crippen molar-refractivity contribution < 1.29 is 27.8 Å². The average Bonchev–Trinajstić information content (AvgIpc) is 2.65. The lowest BCUT2D eigenvalue weighted by Crippen LogP contribution is -2.40. The number of nitrogens with one attached hydrogen (secondary N) is 1. The van der Waals surface area contributed by atoms with Gasteiger partial charge < -0.3 is 19.7 Å². The zero-order valence-electron chi connectivity index (χ0n) is 15.0. The van der Waals surface area contributed by atoms with Gasteiger partial charge in [0, 0.05) is 12.6 Å². The average molecular weight is 378 g/mol. The van der Waals surface area contributed by atoms with E-state index in [0.29, 0.717) is 17.5 Å². The van der Waals surface area contributed by atoms with Crippen LogP contribution in [0.15, 0.2) is 42.5 Å². The molecule has 0 heterocycles. The van der Waals surface area contributed by atoms with Crippen LogP contribution in [0, 0.1) is 11.6 Å². The third kappa shape index (κ3) is 5.67. The smallest absolute Gasteiger partial charge is 0.260 e. The van der Waals surface area contributed by atoms with Crippen molar-refractivity contribution in [2.75, 3.05) is 32.1 Å². The van der Waals surface area contributed by atoms with Gasteiger partial charge >= 0.3 is 0 Å². The maximum absolute atomic E-state index is 13.5. The summed E-state index contributed by atoms with van der Waals surface area (Å²) < 4.78 is 36.7. The number of rotatable bonds is 8. The van der Waals surface area contributed by atoms with Crippen LogP contribution in [0.5, 0.6) is 11.5 Å². The van der Waals surface area contributed by atoms with E-state index in [2.05, 4.69) is 5.32 Å². The van der Waals surface area contributed by atoms with Crippen molar-refractivity contribution in [2.24, 2.45) is 0 Å². The zero-order chi connectivity index (χ0) is 19.8. The molecule has 0 fully saturated rings. The maximum atomic E-state index is 13.5. The Bertz CT molecular complexity index is 814. The lowest BCUT2D eigenvalue weighted by molar-refractivity contribution is -0.136. The number of hydrogen-bond donors (Lipinski definition) is 1. The molecule has 2 aromatic carbocycles. The third-order valence-corrected chi connectivity index (χ3v) is 3.70. The molecule has 0 aromatic heterocycles. The quantitative estimate of drug-likeness (QED) is 0.767. The van der Waals surface area contributed by atoms with Gasteiger partial charge in [-0.2, -0.15) is 0 Å². The first-order valence-electron chi connectivity index (χ1n) is 8.23. The van der Waals surface area contributed by atoms with Crippen LogP contribution in [0.2, 0.25) is 0 Å². The van der Waals surface area contributed by atoms with E-state index in [1.807, 2.05) is 0 Å². The number of likely N-dealkylation sites (N-methyl/N-ethyl adjacent to an activating group) is 1. The minimum atomic E-state index is -0.903. The number of anilines is 1. The van der Waals surface area contributed by atoms with Crippen LogP contribution < -0.4 is 14.8 Å². The van der Waals surface area contributed by atoms with Gasteiger partial charge in [-0.05, 0) is 31.2 Å². The number of halogens is 2. The normalized spacial score (nSPS) is 10.2. The molecule has 0 aliphatic rings. The molecule has 0 aliphatic carbocycles. The van der Waals surface area contributed by atoms with E-state index in [0.717, 1.165) is 12.1 Å². The Kier molecular flexibility index (Phi) is 7.10. The fourth-order valence-electron chi connectivity index (χ4n) is 2.31. The monoisotopic (exact) mass is 378 g/mol. The molecule has 27 heavy (non-hydrogen) atoms. The second kappa shape index (κ2) is 9.51. The minimum Gasteiger partial charge on any atom is -0.495 e. The van der Waals surface area contributed by atoms with Gasteiger partial charge in [-0.25, -0.2) is 8.78 Å². The van der Waals surface area contributed by atoms with Gasteiger partial charge in [0.25, 0.3) is 5.91 Å². The van der Waals surface area contributed by atoms with Gasteiger partial charge in [0.15, 0.2) is 18.2 Å². The van der Waals surface area contributed by atoms with Crippen LogP contribution in [0.4, 0.5) is 14.5 Å². The third-order valence-electron chi connectivity index (χ3n) is 3.70. The number of nitrogens with zero attached hydrogens (tertiary/aromatic N) is 1. The fourth-order valence-corrected chi connectivity index (χ4v) is 2.31. The Morgan fingerprint density at radius 1 is 1.11 bits per heavy atom. The molecule has 0 saturated carbocycles. The zero-order valence-corrected chi connectivity index (χ0v) is 15.0. The highest BCUT2D eigenvalue weighted by molar-refractivity contribution is 5.95. The Morgan fingerprint density at radius 2 is 1.85 bits per heavy atom. The molecule has 2 rings (SSSR count). The van der Waals surface area contributed by atoms with Crippen LogP contribution in [-0.4, -0.2) is 43.5 Å². The molecule has 0 aliphatic heterocycles. The summed E-state index contributed by atoms with van der Waals surface area (Å²) in [6.45, 7) is 1.28.